The molecule has 1 aliphatic heterocycles. The molecular formula is C21H36N4O3. The average Bonchev–Trinajstić information content (AvgIpc) is 3.17. The van der Waals surface area contributed by atoms with E-state index in [1.165, 1.54) is 5.56 Å². The first-order valence-electron chi connectivity index (χ1n) is 9.92. The predicted molar refractivity (Wildman–Crippen MR) is 113 cm³/mol. The summed E-state index contributed by atoms with van der Waals surface area (Å²) in [6.07, 6.45) is 1.12. The largest absolute Gasteiger partial charge is 0.496 e. The highest BCUT2D eigenvalue weighted by atomic mass is 16.5. The number of likely N-dealkylation sites (tertiary alicyclic amines) is 1. The first-order chi connectivity index (χ1) is 13.6. The van der Waals surface area contributed by atoms with Gasteiger partial charge in [0.05, 0.1) is 33.0 Å². The van der Waals surface area contributed by atoms with E-state index >= 15 is 0 Å². The second-order valence-electron chi connectivity index (χ2n) is 7.32. The number of guanidine groups is 1. The maximum atomic E-state index is 5.70. The SMILES string of the molecule is CN=C(NCC(c1ccccc1OC)N(C)C)N1CCC(COCCOC)C1. The minimum atomic E-state index is 0.184. The molecule has 0 radical (unpaired) electrons. The van der Waals surface area contributed by atoms with Crippen molar-refractivity contribution in [3.8, 4) is 5.75 Å². The predicted octanol–water partition coefficient (Wildman–Crippen LogP) is 1.86. The van der Waals surface area contributed by atoms with Gasteiger partial charge in [-0.1, -0.05) is 18.2 Å². The monoisotopic (exact) mass is 392 g/mol. The Kier molecular flexibility index (Phi) is 9.54. The molecule has 28 heavy (non-hydrogen) atoms. The second kappa shape index (κ2) is 11.9. The Hall–Kier alpha value is -1.83. The smallest absolute Gasteiger partial charge is 0.193 e. The number of methoxy groups -OCH3 is 2. The highest BCUT2D eigenvalue weighted by Gasteiger charge is 2.26. The summed E-state index contributed by atoms with van der Waals surface area (Å²) in [5.41, 5.74) is 1.17. The lowest BCUT2D eigenvalue weighted by atomic mass is 10.0. The maximum Gasteiger partial charge on any atom is 0.193 e. The summed E-state index contributed by atoms with van der Waals surface area (Å²) in [6, 6.07) is 8.37. The molecule has 1 heterocycles. The lowest BCUT2D eigenvalue weighted by Gasteiger charge is -2.29. The Morgan fingerprint density at radius 1 is 1.29 bits per heavy atom. The van der Waals surface area contributed by atoms with Crippen molar-refractivity contribution in [2.24, 2.45) is 10.9 Å². The van der Waals surface area contributed by atoms with Crippen molar-refractivity contribution < 1.29 is 14.2 Å². The topological polar surface area (TPSA) is 58.6 Å². The third-order valence-electron chi connectivity index (χ3n) is 5.16. The first-order valence-corrected chi connectivity index (χ1v) is 9.92. The third-order valence-corrected chi connectivity index (χ3v) is 5.16. The Morgan fingerprint density at radius 2 is 2.07 bits per heavy atom. The van der Waals surface area contributed by atoms with Crippen LogP contribution in [0.3, 0.4) is 0 Å². The lowest BCUT2D eigenvalue weighted by Crippen LogP contribution is -2.43. The van der Waals surface area contributed by atoms with Crippen LogP contribution in [0.25, 0.3) is 0 Å². The molecule has 0 aliphatic carbocycles. The van der Waals surface area contributed by atoms with Gasteiger partial charge in [0.15, 0.2) is 5.96 Å². The van der Waals surface area contributed by atoms with Crippen LogP contribution in [0, 0.1) is 5.92 Å². The van der Waals surface area contributed by atoms with Gasteiger partial charge in [-0.15, -0.1) is 0 Å². The summed E-state index contributed by atoms with van der Waals surface area (Å²) in [4.78, 5) is 9.02. The van der Waals surface area contributed by atoms with Crippen LogP contribution in [0.15, 0.2) is 29.3 Å². The van der Waals surface area contributed by atoms with Crippen LogP contribution in [-0.4, -0.2) is 90.6 Å². The number of rotatable bonds is 10. The van der Waals surface area contributed by atoms with E-state index in [1.54, 1.807) is 14.2 Å². The molecule has 1 saturated heterocycles. The minimum Gasteiger partial charge on any atom is -0.496 e. The maximum absolute atomic E-state index is 5.70. The Labute approximate surface area is 169 Å². The molecule has 158 valence electrons. The summed E-state index contributed by atoms with van der Waals surface area (Å²) in [7, 11) is 9.44. The molecule has 1 aliphatic rings. The van der Waals surface area contributed by atoms with Crippen LogP contribution in [0.5, 0.6) is 5.75 Å². The number of nitrogens with one attached hydrogen (secondary N) is 1. The molecule has 0 aromatic heterocycles. The molecule has 2 atom stereocenters. The van der Waals surface area contributed by atoms with Crippen LogP contribution >= 0.6 is 0 Å². The van der Waals surface area contributed by atoms with E-state index in [0.717, 1.165) is 44.4 Å². The number of hydrogen-bond acceptors (Lipinski definition) is 5. The molecule has 1 N–H and O–H groups in total. The molecule has 0 amide bonds. The fourth-order valence-electron chi connectivity index (χ4n) is 3.59. The van der Waals surface area contributed by atoms with Crippen molar-refractivity contribution in [2.45, 2.75) is 12.5 Å². The van der Waals surface area contributed by atoms with Crippen LogP contribution in [-0.2, 0) is 9.47 Å². The van der Waals surface area contributed by atoms with E-state index in [-0.39, 0.29) is 6.04 Å². The highest BCUT2D eigenvalue weighted by Crippen LogP contribution is 2.27. The van der Waals surface area contributed by atoms with Gasteiger partial charge in [-0.3, -0.25) is 4.99 Å². The van der Waals surface area contributed by atoms with Crippen LogP contribution in [0.2, 0.25) is 0 Å². The molecule has 7 nitrogen and oxygen atoms in total. The Bertz CT molecular complexity index is 609. The van der Waals surface area contributed by atoms with Crippen molar-refractivity contribution in [1.82, 2.24) is 15.1 Å². The average molecular weight is 393 g/mol. The van der Waals surface area contributed by atoms with Crippen LogP contribution in [0.1, 0.15) is 18.0 Å². The van der Waals surface area contributed by atoms with Gasteiger partial charge in [-0.2, -0.15) is 0 Å². The summed E-state index contributed by atoms with van der Waals surface area (Å²) in [6.45, 7) is 4.80. The second-order valence-corrected chi connectivity index (χ2v) is 7.32. The van der Waals surface area contributed by atoms with Crippen molar-refractivity contribution in [3.63, 3.8) is 0 Å². The van der Waals surface area contributed by atoms with Crippen molar-refractivity contribution in [1.29, 1.82) is 0 Å². The Balaban J connectivity index is 1.91. The van der Waals surface area contributed by atoms with Gasteiger partial charge in [0, 0.05) is 45.3 Å². The molecule has 7 heteroatoms. The zero-order valence-electron chi connectivity index (χ0n) is 18.0. The highest BCUT2D eigenvalue weighted by molar-refractivity contribution is 5.80. The third kappa shape index (κ3) is 6.36. The van der Waals surface area contributed by atoms with Crippen molar-refractivity contribution in [3.05, 3.63) is 29.8 Å². The van der Waals surface area contributed by atoms with Gasteiger partial charge in [0.2, 0.25) is 0 Å². The summed E-state index contributed by atoms with van der Waals surface area (Å²) in [5, 5.41) is 3.56. The summed E-state index contributed by atoms with van der Waals surface area (Å²) >= 11 is 0. The van der Waals surface area contributed by atoms with E-state index in [0.29, 0.717) is 19.1 Å². The van der Waals surface area contributed by atoms with Crippen molar-refractivity contribution >= 4 is 5.96 Å². The standard InChI is InChI=1S/C21H36N4O3/c1-22-21(25-11-10-17(15-25)16-28-13-12-26-4)23-14-19(24(2)3)18-8-6-7-9-20(18)27-5/h6-9,17,19H,10-16H2,1-5H3,(H,22,23). The van der Waals surface area contributed by atoms with E-state index < -0.39 is 0 Å². The number of para-hydroxylation sites is 1. The number of benzene rings is 1. The van der Waals surface area contributed by atoms with Gasteiger partial charge >= 0.3 is 0 Å². The number of aliphatic imine (C=N–C) groups is 1. The Morgan fingerprint density at radius 3 is 2.75 bits per heavy atom. The van der Waals surface area contributed by atoms with Gasteiger partial charge < -0.3 is 29.3 Å². The molecule has 0 bridgehead atoms. The van der Waals surface area contributed by atoms with Gasteiger partial charge in [-0.05, 0) is 26.6 Å². The normalized spacial score (nSPS) is 18.6. The first kappa shape index (κ1) is 22.5. The summed E-state index contributed by atoms with van der Waals surface area (Å²) < 4.78 is 16.3. The van der Waals surface area contributed by atoms with Gasteiger partial charge in [0.25, 0.3) is 0 Å². The molecule has 1 fully saturated rings. The van der Waals surface area contributed by atoms with Crippen LogP contribution < -0.4 is 10.1 Å². The molecule has 2 rings (SSSR count). The molecular weight excluding hydrogens is 356 g/mol. The van der Waals surface area contributed by atoms with E-state index in [4.69, 9.17) is 14.2 Å². The van der Waals surface area contributed by atoms with E-state index in [1.807, 2.05) is 19.2 Å². The molecule has 2 unspecified atom stereocenters. The quantitative estimate of drug-likeness (QED) is 0.373. The van der Waals surface area contributed by atoms with Gasteiger partial charge in [0.1, 0.15) is 5.75 Å². The van der Waals surface area contributed by atoms with E-state index in [2.05, 4.69) is 46.3 Å². The minimum absolute atomic E-state index is 0.184. The number of hydrogen-bond donors (Lipinski definition) is 1. The van der Waals surface area contributed by atoms with Gasteiger partial charge in [-0.25, -0.2) is 0 Å². The fraction of sp³-hybridized carbons (Fsp3) is 0.667. The summed E-state index contributed by atoms with van der Waals surface area (Å²) in [5.74, 6) is 2.39. The zero-order valence-corrected chi connectivity index (χ0v) is 18.0. The number of nitrogens with zero attached hydrogens (tertiary/aromatic N) is 3. The number of likely N-dealkylation sites (N-methyl/N-ethyl adjacent to an activating group) is 1. The number of ether oxygens (including phenoxy) is 3. The fourth-order valence-corrected chi connectivity index (χ4v) is 3.59. The molecule has 1 aromatic carbocycles. The molecule has 1 aromatic rings. The van der Waals surface area contributed by atoms with E-state index in [9.17, 15) is 0 Å². The molecule has 0 saturated carbocycles. The lowest BCUT2D eigenvalue weighted by molar-refractivity contribution is 0.0536. The zero-order chi connectivity index (χ0) is 20.4. The van der Waals surface area contributed by atoms with Crippen molar-refractivity contribution in [2.75, 3.05) is 74.8 Å². The van der Waals surface area contributed by atoms with Crippen LogP contribution in [0.4, 0.5) is 0 Å². The molecule has 0 spiro atoms.